The van der Waals surface area contributed by atoms with E-state index < -0.39 is 11.2 Å². The average Bonchev–Trinajstić information content (AvgIpc) is 2.38. The molecule has 0 N–H and O–H groups in total. The lowest BCUT2D eigenvalue weighted by atomic mass is 10.1. The highest BCUT2D eigenvalue weighted by atomic mass is 35.5. The normalized spacial score (nSPS) is 17.6. The van der Waals surface area contributed by atoms with Gasteiger partial charge in [-0.3, -0.25) is 4.79 Å². The topological polar surface area (TPSA) is 20.3 Å². The summed E-state index contributed by atoms with van der Waals surface area (Å²) in [6.07, 6.45) is 3.10. The molecule has 1 fully saturated rings. The summed E-state index contributed by atoms with van der Waals surface area (Å²) in [7, 11) is 0. The first kappa shape index (κ1) is 13.6. The van der Waals surface area contributed by atoms with Crippen LogP contribution >= 0.6 is 23.2 Å². The number of halogens is 3. The van der Waals surface area contributed by atoms with Crippen molar-refractivity contribution in [1.82, 2.24) is 4.90 Å². The molecule has 1 aromatic carbocycles. The van der Waals surface area contributed by atoms with Crippen molar-refractivity contribution in [2.45, 2.75) is 24.6 Å². The highest BCUT2D eigenvalue weighted by Crippen LogP contribution is 2.28. The summed E-state index contributed by atoms with van der Waals surface area (Å²) in [6.45, 7) is 1.41. The van der Waals surface area contributed by atoms with Crippen LogP contribution in [0.25, 0.3) is 0 Å². The monoisotopic (exact) mass is 289 g/mol. The average molecular weight is 290 g/mol. The molecule has 0 bridgehead atoms. The Labute approximate surface area is 116 Å². The van der Waals surface area contributed by atoms with E-state index in [2.05, 4.69) is 0 Å². The second-order valence-corrected chi connectivity index (χ2v) is 5.29. The fraction of sp³-hybridized carbons (Fsp3) is 0.462. The Morgan fingerprint density at radius 1 is 1.28 bits per heavy atom. The second kappa shape index (κ2) is 5.89. The number of benzene rings is 1. The summed E-state index contributed by atoms with van der Waals surface area (Å²) in [5.74, 6) is -0.759. The van der Waals surface area contributed by atoms with Gasteiger partial charge in [0.1, 0.15) is 11.2 Å². The van der Waals surface area contributed by atoms with Gasteiger partial charge in [-0.2, -0.15) is 0 Å². The summed E-state index contributed by atoms with van der Waals surface area (Å²) in [5.41, 5.74) is 0.191. The Hall–Kier alpha value is -0.800. The third kappa shape index (κ3) is 2.96. The van der Waals surface area contributed by atoms with Crippen molar-refractivity contribution in [2.75, 3.05) is 13.1 Å². The number of nitrogens with zero attached hydrogens (tertiary/aromatic N) is 1. The Kier molecular flexibility index (Phi) is 4.46. The fourth-order valence-corrected chi connectivity index (χ4v) is 2.59. The van der Waals surface area contributed by atoms with Crippen molar-refractivity contribution in [1.29, 1.82) is 0 Å². The number of likely N-dealkylation sites (tertiary alicyclic amines) is 1. The first-order chi connectivity index (χ1) is 8.59. The summed E-state index contributed by atoms with van der Waals surface area (Å²) >= 11 is 11.7. The van der Waals surface area contributed by atoms with Gasteiger partial charge in [-0.1, -0.05) is 17.7 Å². The lowest BCUT2D eigenvalue weighted by molar-refractivity contribution is -0.131. The van der Waals surface area contributed by atoms with Crippen LogP contribution in [0.3, 0.4) is 0 Å². The molecule has 2 nitrogen and oxygen atoms in total. The molecule has 0 spiro atoms. The van der Waals surface area contributed by atoms with Gasteiger partial charge in [0, 0.05) is 23.7 Å². The van der Waals surface area contributed by atoms with E-state index in [4.69, 9.17) is 23.2 Å². The van der Waals surface area contributed by atoms with Gasteiger partial charge in [-0.15, -0.1) is 11.6 Å². The van der Waals surface area contributed by atoms with E-state index in [1.807, 2.05) is 0 Å². The second-order valence-electron chi connectivity index (χ2n) is 4.41. The summed E-state index contributed by atoms with van der Waals surface area (Å²) in [4.78, 5) is 13.8. The van der Waals surface area contributed by atoms with Crippen LogP contribution < -0.4 is 0 Å². The molecule has 0 aliphatic carbocycles. The first-order valence-electron chi connectivity index (χ1n) is 5.97. The first-order valence-corrected chi connectivity index (χ1v) is 6.79. The number of piperidine rings is 1. The Morgan fingerprint density at radius 2 is 1.94 bits per heavy atom. The molecule has 0 saturated carbocycles. The summed E-state index contributed by atoms with van der Waals surface area (Å²) in [5, 5.41) is -0.675. The minimum Gasteiger partial charge on any atom is -0.341 e. The molecule has 1 amide bonds. The van der Waals surface area contributed by atoms with E-state index in [9.17, 15) is 9.18 Å². The molecular weight excluding hydrogens is 276 g/mol. The molecule has 1 atom stereocenters. The van der Waals surface area contributed by atoms with Crippen LogP contribution in [-0.2, 0) is 4.79 Å². The van der Waals surface area contributed by atoms with Crippen molar-refractivity contribution in [3.05, 3.63) is 34.6 Å². The predicted molar refractivity (Wildman–Crippen MR) is 70.4 cm³/mol. The number of amides is 1. The van der Waals surface area contributed by atoms with Gasteiger partial charge in [0.25, 0.3) is 0 Å². The molecule has 1 saturated heterocycles. The van der Waals surface area contributed by atoms with E-state index in [-0.39, 0.29) is 11.5 Å². The SMILES string of the molecule is O=C(C(Cl)c1ccc(Cl)cc1F)N1CCCCC1. The number of carbonyl (C=O) groups excluding carboxylic acids is 1. The van der Waals surface area contributed by atoms with E-state index >= 15 is 0 Å². The van der Waals surface area contributed by atoms with Gasteiger partial charge in [-0.25, -0.2) is 4.39 Å². The molecule has 2 rings (SSSR count). The number of alkyl halides is 1. The van der Waals surface area contributed by atoms with Crippen molar-refractivity contribution in [3.8, 4) is 0 Å². The quantitative estimate of drug-likeness (QED) is 0.759. The highest BCUT2D eigenvalue weighted by Gasteiger charge is 2.27. The van der Waals surface area contributed by atoms with Crippen LogP contribution in [0.15, 0.2) is 18.2 Å². The van der Waals surface area contributed by atoms with E-state index in [0.29, 0.717) is 18.1 Å². The maximum atomic E-state index is 13.7. The van der Waals surface area contributed by atoms with E-state index in [0.717, 1.165) is 19.3 Å². The molecule has 1 unspecified atom stereocenters. The van der Waals surface area contributed by atoms with Crippen LogP contribution in [0.2, 0.25) is 5.02 Å². The smallest absolute Gasteiger partial charge is 0.245 e. The van der Waals surface area contributed by atoms with Crippen LogP contribution in [-0.4, -0.2) is 23.9 Å². The molecule has 1 aliphatic rings. The van der Waals surface area contributed by atoms with E-state index in [1.165, 1.54) is 12.1 Å². The van der Waals surface area contributed by atoms with Crippen molar-refractivity contribution >= 4 is 29.1 Å². The minimum atomic E-state index is -0.972. The van der Waals surface area contributed by atoms with E-state index in [1.54, 1.807) is 11.0 Å². The zero-order chi connectivity index (χ0) is 13.1. The Morgan fingerprint density at radius 3 is 2.56 bits per heavy atom. The zero-order valence-electron chi connectivity index (χ0n) is 9.83. The molecule has 18 heavy (non-hydrogen) atoms. The number of rotatable bonds is 2. The molecule has 0 aromatic heterocycles. The fourth-order valence-electron chi connectivity index (χ4n) is 2.11. The van der Waals surface area contributed by atoms with Crippen LogP contribution in [0, 0.1) is 5.82 Å². The molecule has 1 heterocycles. The molecule has 1 aromatic rings. The standard InChI is InChI=1S/C13H14Cl2FNO/c14-9-4-5-10(11(16)8-9)12(15)13(18)17-6-2-1-3-7-17/h4-5,8,12H,1-3,6-7H2. The van der Waals surface area contributed by atoms with Crippen LogP contribution in [0.4, 0.5) is 4.39 Å². The number of hydrogen-bond donors (Lipinski definition) is 0. The predicted octanol–water partition coefficient (Wildman–Crippen LogP) is 3.77. The number of hydrogen-bond acceptors (Lipinski definition) is 1. The zero-order valence-corrected chi connectivity index (χ0v) is 11.3. The van der Waals surface area contributed by atoms with Crippen LogP contribution in [0.5, 0.6) is 0 Å². The van der Waals surface area contributed by atoms with Gasteiger partial charge >= 0.3 is 0 Å². The molecule has 1 aliphatic heterocycles. The third-order valence-corrected chi connectivity index (χ3v) is 3.78. The van der Waals surface area contributed by atoms with Gasteiger partial charge < -0.3 is 4.90 Å². The largest absolute Gasteiger partial charge is 0.341 e. The van der Waals surface area contributed by atoms with Crippen molar-refractivity contribution in [2.24, 2.45) is 0 Å². The third-order valence-electron chi connectivity index (χ3n) is 3.12. The molecular formula is C13H14Cl2FNO. The maximum Gasteiger partial charge on any atom is 0.245 e. The summed E-state index contributed by atoms with van der Waals surface area (Å²) < 4.78 is 13.7. The van der Waals surface area contributed by atoms with Gasteiger partial charge in [0.2, 0.25) is 5.91 Å². The summed E-state index contributed by atoms with van der Waals surface area (Å²) in [6, 6.07) is 4.19. The van der Waals surface area contributed by atoms with Crippen LogP contribution in [0.1, 0.15) is 30.2 Å². The van der Waals surface area contributed by atoms with Gasteiger partial charge in [0.15, 0.2) is 0 Å². The lowest BCUT2D eigenvalue weighted by Crippen LogP contribution is -2.37. The Bertz CT molecular complexity index is 447. The Balaban J connectivity index is 2.14. The molecule has 98 valence electrons. The van der Waals surface area contributed by atoms with Crippen molar-refractivity contribution < 1.29 is 9.18 Å². The lowest BCUT2D eigenvalue weighted by Gasteiger charge is -2.28. The molecule has 5 heteroatoms. The van der Waals surface area contributed by atoms with Gasteiger partial charge in [0.05, 0.1) is 0 Å². The van der Waals surface area contributed by atoms with Gasteiger partial charge in [-0.05, 0) is 31.4 Å². The van der Waals surface area contributed by atoms with Crippen molar-refractivity contribution in [3.63, 3.8) is 0 Å². The number of carbonyl (C=O) groups is 1. The maximum absolute atomic E-state index is 13.7. The molecule has 0 radical (unpaired) electrons. The minimum absolute atomic E-state index is 0.191. The highest BCUT2D eigenvalue weighted by molar-refractivity contribution is 6.31.